The number of aromatic nitrogens is 4. The number of nitrogens with two attached hydrogens (primary N) is 1. The Labute approximate surface area is 157 Å². The molecule has 0 aliphatic carbocycles. The van der Waals surface area contributed by atoms with Gasteiger partial charge in [-0.3, -0.25) is 14.6 Å². The first kappa shape index (κ1) is 18.7. The second-order valence-electron chi connectivity index (χ2n) is 6.51. The number of aromatic amines is 1. The third-order valence-corrected chi connectivity index (χ3v) is 4.16. The molecule has 3 aromatic rings. The van der Waals surface area contributed by atoms with Gasteiger partial charge < -0.3 is 15.8 Å². The molecule has 2 aromatic heterocycles. The molecule has 8 nitrogen and oxygen atoms in total. The van der Waals surface area contributed by atoms with E-state index in [0.717, 1.165) is 17.0 Å². The van der Waals surface area contributed by atoms with Gasteiger partial charge in [-0.05, 0) is 36.2 Å². The number of hydrogen-bond donors (Lipinski definition) is 3. The molecule has 0 atom stereocenters. The first-order valence-corrected chi connectivity index (χ1v) is 8.81. The smallest absolute Gasteiger partial charge is 0.276 e. The van der Waals surface area contributed by atoms with Gasteiger partial charge in [-0.15, -0.1) is 0 Å². The third kappa shape index (κ3) is 4.17. The van der Waals surface area contributed by atoms with Crippen LogP contribution in [0, 0.1) is 0 Å². The topological polar surface area (TPSA) is 111 Å². The van der Waals surface area contributed by atoms with E-state index in [1.165, 1.54) is 0 Å². The summed E-state index contributed by atoms with van der Waals surface area (Å²) in [5.74, 6) is 0.683. The van der Waals surface area contributed by atoms with Crippen LogP contribution in [-0.2, 0) is 7.05 Å². The van der Waals surface area contributed by atoms with Crippen molar-refractivity contribution in [2.45, 2.75) is 19.8 Å². The number of rotatable bonds is 7. The minimum atomic E-state index is -0.273. The fraction of sp³-hybridized carbons (Fsp3) is 0.316. The molecule has 0 bridgehead atoms. The molecule has 0 saturated carbocycles. The highest BCUT2D eigenvalue weighted by atomic mass is 16.5. The van der Waals surface area contributed by atoms with E-state index in [-0.39, 0.29) is 11.8 Å². The lowest BCUT2D eigenvalue weighted by Gasteiger charge is -2.13. The summed E-state index contributed by atoms with van der Waals surface area (Å²) in [6.07, 6.45) is 1.71. The van der Waals surface area contributed by atoms with Crippen LogP contribution in [0.5, 0.6) is 5.75 Å². The van der Waals surface area contributed by atoms with Crippen LogP contribution in [0.4, 0.5) is 5.69 Å². The van der Waals surface area contributed by atoms with E-state index in [1.807, 2.05) is 39.1 Å². The number of hydrogen-bond acceptors (Lipinski definition) is 5. The van der Waals surface area contributed by atoms with Crippen LogP contribution in [0.3, 0.4) is 0 Å². The van der Waals surface area contributed by atoms with E-state index in [0.29, 0.717) is 30.3 Å². The number of H-pyrrole nitrogens is 1. The van der Waals surface area contributed by atoms with E-state index < -0.39 is 0 Å². The van der Waals surface area contributed by atoms with Crippen molar-refractivity contribution in [1.29, 1.82) is 0 Å². The highest BCUT2D eigenvalue weighted by Crippen LogP contribution is 2.32. The molecule has 1 aromatic carbocycles. The van der Waals surface area contributed by atoms with Crippen molar-refractivity contribution >= 4 is 11.6 Å². The van der Waals surface area contributed by atoms with E-state index in [9.17, 15) is 4.79 Å². The number of carbonyl (C=O) groups is 1. The van der Waals surface area contributed by atoms with E-state index in [4.69, 9.17) is 10.5 Å². The summed E-state index contributed by atoms with van der Waals surface area (Å²) in [6, 6.07) is 9.12. The molecule has 0 aliphatic heterocycles. The van der Waals surface area contributed by atoms with Crippen molar-refractivity contribution < 1.29 is 9.53 Å². The largest absolute Gasteiger partial charge is 0.492 e. The molecule has 142 valence electrons. The minimum Gasteiger partial charge on any atom is -0.492 e. The van der Waals surface area contributed by atoms with Gasteiger partial charge in [-0.25, -0.2) is 0 Å². The predicted molar refractivity (Wildman–Crippen MR) is 104 cm³/mol. The molecule has 0 aliphatic rings. The molecule has 0 radical (unpaired) electrons. The van der Waals surface area contributed by atoms with Gasteiger partial charge in [0.2, 0.25) is 0 Å². The Morgan fingerprint density at radius 2 is 2.15 bits per heavy atom. The van der Waals surface area contributed by atoms with Gasteiger partial charge >= 0.3 is 0 Å². The van der Waals surface area contributed by atoms with Gasteiger partial charge in [0.25, 0.3) is 5.91 Å². The lowest BCUT2D eigenvalue weighted by molar-refractivity contribution is 0.102. The van der Waals surface area contributed by atoms with Crippen molar-refractivity contribution in [2.75, 3.05) is 18.5 Å². The molecule has 3 rings (SSSR count). The third-order valence-electron chi connectivity index (χ3n) is 4.16. The molecule has 27 heavy (non-hydrogen) atoms. The maximum atomic E-state index is 12.5. The van der Waals surface area contributed by atoms with Crippen LogP contribution in [0.15, 0.2) is 36.5 Å². The van der Waals surface area contributed by atoms with Crippen LogP contribution in [0.1, 0.15) is 35.9 Å². The normalized spacial score (nSPS) is 11.0. The molecule has 2 heterocycles. The number of carbonyl (C=O) groups excluding carboxylic acids is 1. The Hall–Kier alpha value is -3.13. The zero-order chi connectivity index (χ0) is 19.4. The second kappa shape index (κ2) is 8.05. The number of anilines is 1. The van der Waals surface area contributed by atoms with Crippen molar-refractivity contribution in [2.24, 2.45) is 12.8 Å². The average Bonchev–Trinajstić information content (AvgIpc) is 3.29. The fourth-order valence-electron chi connectivity index (χ4n) is 2.68. The van der Waals surface area contributed by atoms with Gasteiger partial charge in [0.05, 0.1) is 5.69 Å². The molecule has 0 saturated heterocycles. The Balaban J connectivity index is 1.87. The number of benzene rings is 1. The SMILES string of the molecule is CC(C)c1cc(C(=O)Nc2ccc(OCCN)c(-c3ccnn3C)c2)n[nH]1. The van der Waals surface area contributed by atoms with Gasteiger partial charge in [-0.2, -0.15) is 10.2 Å². The number of nitrogens with one attached hydrogen (secondary N) is 2. The van der Waals surface area contributed by atoms with Gasteiger partial charge in [0, 0.05) is 36.7 Å². The van der Waals surface area contributed by atoms with Crippen molar-refractivity contribution in [1.82, 2.24) is 20.0 Å². The Bertz CT molecular complexity index is 928. The van der Waals surface area contributed by atoms with Crippen LogP contribution >= 0.6 is 0 Å². The fourth-order valence-corrected chi connectivity index (χ4v) is 2.68. The summed E-state index contributed by atoms with van der Waals surface area (Å²) in [5.41, 5.74) is 9.16. The molecule has 0 unspecified atom stereocenters. The van der Waals surface area contributed by atoms with Gasteiger partial charge in [0.15, 0.2) is 5.69 Å². The number of ether oxygens (including phenoxy) is 1. The summed E-state index contributed by atoms with van der Waals surface area (Å²) in [4.78, 5) is 12.5. The van der Waals surface area contributed by atoms with Crippen molar-refractivity contribution in [3.05, 3.63) is 47.9 Å². The lowest BCUT2D eigenvalue weighted by atomic mass is 10.1. The number of aryl methyl sites for hydroxylation is 1. The zero-order valence-electron chi connectivity index (χ0n) is 15.7. The molecular weight excluding hydrogens is 344 g/mol. The van der Waals surface area contributed by atoms with Crippen LogP contribution in [0.25, 0.3) is 11.3 Å². The summed E-state index contributed by atoms with van der Waals surface area (Å²) in [5, 5.41) is 14.1. The summed E-state index contributed by atoms with van der Waals surface area (Å²) in [7, 11) is 1.85. The standard InChI is InChI=1S/C19H24N6O2/c1-12(2)15-11-16(24-23-15)19(26)22-13-4-5-18(27-9-7-20)14(10-13)17-6-8-21-25(17)3/h4-6,8,10-12H,7,9,20H2,1-3H3,(H,22,26)(H,23,24). The number of amides is 1. The highest BCUT2D eigenvalue weighted by molar-refractivity contribution is 6.03. The van der Waals surface area contributed by atoms with Crippen molar-refractivity contribution in [3.8, 4) is 17.0 Å². The van der Waals surface area contributed by atoms with Crippen LogP contribution in [-0.4, -0.2) is 39.0 Å². The predicted octanol–water partition coefficient (Wildman–Crippen LogP) is 2.52. The average molecular weight is 368 g/mol. The van der Waals surface area contributed by atoms with Gasteiger partial charge in [0.1, 0.15) is 12.4 Å². The summed E-state index contributed by atoms with van der Waals surface area (Å²) >= 11 is 0. The molecule has 1 amide bonds. The maximum Gasteiger partial charge on any atom is 0.276 e. The summed E-state index contributed by atoms with van der Waals surface area (Å²) < 4.78 is 7.49. The molecular formula is C19H24N6O2. The quantitative estimate of drug-likeness (QED) is 0.593. The molecule has 8 heteroatoms. The second-order valence-corrected chi connectivity index (χ2v) is 6.51. The highest BCUT2D eigenvalue weighted by Gasteiger charge is 2.15. The Morgan fingerprint density at radius 1 is 1.33 bits per heavy atom. The van der Waals surface area contributed by atoms with E-state index in [2.05, 4.69) is 20.6 Å². The molecule has 0 fully saturated rings. The van der Waals surface area contributed by atoms with Crippen LogP contribution < -0.4 is 15.8 Å². The number of nitrogens with zero attached hydrogens (tertiary/aromatic N) is 3. The maximum absolute atomic E-state index is 12.5. The first-order valence-electron chi connectivity index (χ1n) is 8.81. The van der Waals surface area contributed by atoms with Crippen molar-refractivity contribution in [3.63, 3.8) is 0 Å². The molecule has 4 N–H and O–H groups in total. The van der Waals surface area contributed by atoms with E-state index in [1.54, 1.807) is 23.0 Å². The van der Waals surface area contributed by atoms with E-state index >= 15 is 0 Å². The van der Waals surface area contributed by atoms with Gasteiger partial charge in [-0.1, -0.05) is 13.8 Å². The Kier molecular flexibility index (Phi) is 5.56. The lowest BCUT2D eigenvalue weighted by Crippen LogP contribution is -2.13. The minimum absolute atomic E-state index is 0.273. The summed E-state index contributed by atoms with van der Waals surface area (Å²) in [6.45, 7) is 4.90. The Morgan fingerprint density at radius 3 is 2.78 bits per heavy atom. The van der Waals surface area contributed by atoms with Crippen LogP contribution in [0.2, 0.25) is 0 Å². The first-order chi connectivity index (χ1) is 13.0. The molecule has 0 spiro atoms. The monoisotopic (exact) mass is 368 g/mol. The zero-order valence-corrected chi connectivity index (χ0v) is 15.7.